The molecule has 0 saturated carbocycles. The third kappa shape index (κ3) is 4.97. The van der Waals surface area contributed by atoms with Crippen LogP contribution in [0.5, 0.6) is 11.5 Å². The largest absolute Gasteiger partial charge is 0.493 e. The fraction of sp³-hybridized carbons (Fsp3) is 0.280. The van der Waals surface area contributed by atoms with Crippen molar-refractivity contribution in [2.75, 3.05) is 26.4 Å². The van der Waals surface area contributed by atoms with Gasteiger partial charge in [-0.1, -0.05) is 54.6 Å². The first kappa shape index (κ1) is 20.9. The summed E-state index contributed by atoms with van der Waals surface area (Å²) in [5, 5.41) is 0. The highest BCUT2D eigenvalue weighted by molar-refractivity contribution is 5.90. The Morgan fingerprint density at radius 1 is 0.690 bits per heavy atom. The molecule has 3 rings (SSSR count). The minimum Gasteiger partial charge on any atom is -0.493 e. The minimum absolute atomic E-state index is 0.484. The van der Waals surface area contributed by atoms with Crippen LogP contribution in [0.4, 0.5) is 0 Å². The van der Waals surface area contributed by atoms with Gasteiger partial charge in [0.05, 0.1) is 26.4 Å². The monoisotopic (exact) mass is 391 g/mol. The van der Waals surface area contributed by atoms with Crippen LogP contribution in [0.15, 0.2) is 66.7 Å². The highest BCUT2D eigenvalue weighted by Gasteiger charge is 2.18. The van der Waals surface area contributed by atoms with Gasteiger partial charge in [0.1, 0.15) is 11.5 Å². The third-order valence-corrected chi connectivity index (χ3v) is 4.60. The van der Waals surface area contributed by atoms with Crippen LogP contribution in [-0.4, -0.2) is 26.4 Å². The summed E-state index contributed by atoms with van der Waals surface area (Å²) in [4.78, 5) is 0. The van der Waals surface area contributed by atoms with Gasteiger partial charge in [0, 0.05) is 17.7 Å². The van der Waals surface area contributed by atoms with Crippen LogP contribution < -0.4 is 15.2 Å². The Labute approximate surface area is 173 Å². The zero-order chi connectivity index (χ0) is 20.5. The summed E-state index contributed by atoms with van der Waals surface area (Å²) in [5.74, 6) is 1.72. The van der Waals surface area contributed by atoms with Crippen molar-refractivity contribution in [1.29, 1.82) is 0 Å². The third-order valence-electron chi connectivity index (χ3n) is 4.60. The lowest BCUT2D eigenvalue weighted by Gasteiger charge is -2.20. The highest BCUT2D eigenvalue weighted by atomic mass is 16.5. The van der Waals surface area contributed by atoms with Crippen molar-refractivity contribution in [3.63, 3.8) is 0 Å². The molecule has 0 amide bonds. The SMILES string of the molecule is CCOc1ccccc1-c1cccc(COCCN)c1-c1ccccc1OCC. The summed E-state index contributed by atoms with van der Waals surface area (Å²) in [5.41, 5.74) is 11.0. The van der Waals surface area contributed by atoms with Crippen molar-refractivity contribution in [3.05, 3.63) is 72.3 Å². The van der Waals surface area contributed by atoms with Crippen molar-refractivity contribution < 1.29 is 14.2 Å². The van der Waals surface area contributed by atoms with Gasteiger partial charge in [-0.25, -0.2) is 0 Å². The van der Waals surface area contributed by atoms with E-state index < -0.39 is 0 Å². The van der Waals surface area contributed by atoms with Crippen molar-refractivity contribution in [2.45, 2.75) is 20.5 Å². The van der Waals surface area contributed by atoms with Crippen LogP contribution in [0.25, 0.3) is 22.3 Å². The Kier molecular flexibility index (Phi) is 7.68. The molecule has 0 unspecified atom stereocenters. The number of rotatable bonds is 10. The molecule has 0 aliphatic carbocycles. The van der Waals surface area contributed by atoms with Gasteiger partial charge in [0.2, 0.25) is 0 Å². The van der Waals surface area contributed by atoms with Gasteiger partial charge in [-0.05, 0) is 42.7 Å². The predicted octanol–water partition coefficient (Wildman–Crippen LogP) is 5.29. The molecule has 0 heterocycles. The summed E-state index contributed by atoms with van der Waals surface area (Å²) in [6.45, 7) is 6.72. The van der Waals surface area contributed by atoms with E-state index in [1.807, 2.05) is 50.2 Å². The summed E-state index contributed by atoms with van der Waals surface area (Å²) < 4.78 is 17.7. The molecule has 3 aromatic rings. The van der Waals surface area contributed by atoms with E-state index in [1.54, 1.807) is 0 Å². The maximum Gasteiger partial charge on any atom is 0.127 e. The molecule has 0 aliphatic rings. The number of ether oxygens (including phenoxy) is 3. The number of para-hydroxylation sites is 2. The number of hydrogen-bond donors (Lipinski definition) is 1. The summed E-state index contributed by atoms with van der Waals surface area (Å²) >= 11 is 0. The zero-order valence-electron chi connectivity index (χ0n) is 17.2. The second-order valence-electron chi connectivity index (χ2n) is 6.54. The molecule has 3 aromatic carbocycles. The maximum atomic E-state index is 5.95. The Bertz CT molecular complexity index is 923. The van der Waals surface area contributed by atoms with E-state index in [0.717, 1.165) is 39.3 Å². The lowest BCUT2D eigenvalue weighted by Crippen LogP contribution is -2.09. The minimum atomic E-state index is 0.484. The second kappa shape index (κ2) is 10.6. The zero-order valence-corrected chi connectivity index (χ0v) is 17.2. The Hall–Kier alpha value is -2.82. The summed E-state index contributed by atoms with van der Waals surface area (Å²) in [6, 6.07) is 22.6. The topological polar surface area (TPSA) is 53.7 Å². The molecule has 0 aliphatic heterocycles. The highest BCUT2D eigenvalue weighted by Crippen LogP contribution is 2.42. The van der Waals surface area contributed by atoms with Crippen molar-refractivity contribution in [1.82, 2.24) is 0 Å². The average molecular weight is 392 g/mol. The molecule has 4 heteroatoms. The molecule has 0 fully saturated rings. The number of hydrogen-bond acceptors (Lipinski definition) is 4. The maximum absolute atomic E-state index is 5.95. The predicted molar refractivity (Wildman–Crippen MR) is 118 cm³/mol. The quantitative estimate of drug-likeness (QED) is 0.477. The molecule has 2 N–H and O–H groups in total. The fourth-order valence-corrected chi connectivity index (χ4v) is 3.45. The van der Waals surface area contributed by atoms with Crippen molar-refractivity contribution >= 4 is 0 Å². The standard InChI is InChI=1S/C25H29NO3/c1-3-28-23-14-7-5-11-20(23)21-13-9-10-19(18-27-17-16-26)25(21)22-12-6-8-15-24(22)29-4-2/h5-15H,3-4,16-18,26H2,1-2H3. The molecule has 152 valence electrons. The molecule has 0 atom stereocenters. The van der Waals surface area contributed by atoms with Crippen LogP contribution in [-0.2, 0) is 11.3 Å². The lowest BCUT2D eigenvalue weighted by atomic mass is 9.89. The first-order valence-corrected chi connectivity index (χ1v) is 10.1. The molecular weight excluding hydrogens is 362 g/mol. The van der Waals surface area contributed by atoms with Gasteiger partial charge >= 0.3 is 0 Å². The van der Waals surface area contributed by atoms with Gasteiger partial charge in [0.15, 0.2) is 0 Å². The molecule has 0 aromatic heterocycles. The number of nitrogens with two attached hydrogens (primary N) is 1. The Balaban J connectivity index is 2.21. The van der Waals surface area contributed by atoms with Crippen LogP contribution in [0.2, 0.25) is 0 Å². The van der Waals surface area contributed by atoms with Gasteiger partial charge in [-0.3, -0.25) is 0 Å². The molecule has 0 radical (unpaired) electrons. The van der Waals surface area contributed by atoms with Gasteiger partial charge in [-0.15, -0.1) is 0 Å². The first-order chi connectivity index (χ1) is 14.3. The molecule has 0 bridgehead atoms. The van der Waals surface area contributed by atoms with Gasteiger partial charge in [0.25, 0.3) is 0 Å². The first-order valence-electron chi connectivity index (χ1n) is 10.1. The van der Waals surface area contributed by atoms with Gasteiger partial charge in [-0.2, -0.15) is 0 Å². The molecular formula is C25H29NO3. The van der Waals surface area contributed by atoms with Crippen LogP contribution >= 0.6 is 0 Å². The van der Waals surface area contributed by atoms with Crippen molar-refractivity contribution in [2.24, 2.45) is 5.73 Å². The van der Waals surface area contributed by atoms with Crippen LogP contribution in [0, 0.1) is 0 Å². The normalized spacial score (nSPS) is 10.7. The second-order valence-corrected chi connectivity index (χ2v) is 6.54. The Morgan fingerprint density at radius 3 is 1.93 bits per heavy atom. The van der Waals surface area contributed by atoms with Gasteiger partial charge < -0.3 is 19.9 Å². The smallest absolute Gasteiger partial charge is 0.127 e. The lowest BCUT2D eigenvalue weighted by molar-refractivity contribution is 0.128. The molecule has 4 nitrogen and oxygen atoms in total. The van der Waals surface area contributed by atoms with E-state index in [0.29, 0.717) is 33.0 Å². The fourth-order valence-electron chi connectivity index (χ4n) is 3.45. The van der Waals surface area contributed by atoms with E-state index in [1.165, 1.54) is 0 Å². The molecule has 0 spiro atoms. The van der Waals surface area contributed by atoms with Crippen molar-refractivity contribution in [3.8, 4) is 33.8 Å². The summed E-state index contributed by atoms with van der Waals surface area (Å²) in [7, 11) is 0. The van der Waals surface area contributed by atoms with E-state index in [2.05, 4.69) is 30.3 Å². The van der Waals surface area contributed by atoms with Crippen LogP contribution in [0.3, 0.4) is 0 Å². The molecule has 0 saturated heterocycles. The Morgan fingerprint density at radius 2 is 1.28 bits per heavy atom. The van der Waals surface area contributed by atoms with E-state index in [9.17, 15) is 0 Å². The van der Waals surface area contributed by atoms with E-state index in [-0.39, 0.29) is 0 Å². The van der Waals surface area contributed by atoms with E-state index >= 15 is 0 Å². The van der Waals surface area contributed by atoms with E-state index in [4.69, 9.17) is 19.9 Å². The summed E-state index contributed by atoms with van der Waals surface area (Å²) in [6.07, 6.45) is 0. The number of benzene rings is 3. The van der Waals surface area contributed by atoms with Crippen LogP contribution in [0.1, 0.15) is 19.4 Å². The molecule has 29 heavy (non-hydrogen) atoms. The average Bonchev–Trinajstić information content (AvgIpc) is 2.75.